The molecule has 0 aliphatic carbocycles. The van der Waals surface area contributed by atoms with E-state index in [2.05, 4.69) is 65.5 Å². The van der Waals surface area contributed by atoms with E-state index in [1.165, 1.54) is 24.1 Å². The maximum atomic E-state index is 5.47. The molecule has 1 heterocycles. The average Bonchev–Trinajstić information content (AvgIpc) is 2.76. The number of ether oxygens (including phenoxy) is 1. The Hall–Kier alpha value is -0.900. The van der Waals surface area contributed by atoms with Crippen molar-refractivity contribution in [1.82, 2.24) is 20.4 Å². The first kappa shape index (κ1) is 27.1. The quantitative estimate of drug-likeness (QED) is 0.188. The van der Waals surface area contributed by atoms with Gasteiger partial charge in [-0.05, 0) is 50.5 Å². The molecule has 172 valence electrons. The highest BCUT2D eigenvalue weighted by Crippen LogP contribution is 2.14. The third-order valence-electron chi connectivity index (χ3n) is 5.46. The Kier molecular flexibility index (Phi) is 15.2. The van der Waals surface area contributed by atoms with Crippen LogP contribution in [0.25, 0.3) is 0 Å². The molecule has 1 aromatic carbocycles. The van der Waals surface area contributed by atoms with Crippen LogP contribution in [0.1, 0.15) is 44.7 Å². The summed E-state index contributed by atoms with van der Waals surface area (Å²) in [6.07, 6.45) is 2.38. The number of nitrogens with one attached hydrogen (secondary N) is 2. The maximum Gasteiger partial charge on any atom is 0.191 e. The monoisotopic (exact) mass is 531 g/mol. The summed E-state index contributed by atoms with van der Waals surface area (Å²) in [5.41, 5.74) is 2.67. The fourth-order valence-corrected chi connectivity index (χ4v) is 3.58. The van der Waals surface area contributed by atoms with Gasteiger partial charge in [0.1, 0.15) is 0 Å². The van der Waals surface area contributed by atoms with Crippen LogP contribution >= 0.6 is 24.0 Å². The van der Waals surface area contributed by atoms with Crippen molar-refractivity contribution >= 4 is 29.9 Å². The Labute approximate surface area is 200 Å². The second-order valence-corrected chi connectivity index (χ2v) is 7.51. The molecule has 0 aromatic heterocycles. The van der Waals surface area contributed by atoms with Crippen molar-refractivity contribution in [3.05, 3.63) is 35.4 Å². The number of unbranched alkanes of at least 4 members (excludes halogenated alkanes) is 1. The molecule has 1 aliphatic heterocycles. The van der Waals surface area contributed by atoms with Crippen molar-refractivity contribution in [2.45, 2.75) is 46.7 Å². The Bertz CT molecular complexity index is 589. The number of hydrogen-bond donors (Lipinski definition) is 2. The SMILES string of the molecule is CCNC(=NCc1ccccc1CN1CCOCC1)NCCCCN(CC)CC.I. The lowest BCUT2D eigenvalue weighted by molar-refractivity contribution is 0.0341. The van der Waals surface area contributed by atoms with Gasteiger partial charge in [-0.2, -0.15) is 0 Å². The van der Waals surface area contributed by atoms with E-state index in [1.54, 1.807) is 0 Å². The summed E-state index contributed by atoms with van der Waals surface area (Å²) in [5, 5.41) is 6.87. The van der Waals surface area contributed by atoms with Gasteiger partial charge in [0.25, 0.3) is 0 Å². The predicted octanol–water partition coefficient (Wildman–Crippen LogP) is 3.31. The van der Waals surface area contributed by atoms with Gasteiger partial charge in [0.15, 0.2) is 5.96 Å². The van der Waals surface area contributed by atoms with Crippen LogP contribution in [0.15, 0.2) is 29.3 Å². The van der Waals surface area contributed by atoms with E-state index < -0.39 is 0 Å². The minimum atomic E-state index is 0. The lowest BCUT2D eigenvalue weighted by Gasteiger charge is -2.27. The first-order valence-electron chi connectivity index (χ1n) is 11.4. The molecular weight excluding hydrogens is 489 g/mol. The van der Waals surface area contributed by atoms with Crippen LogP contribution < -0.4 is 10.6 Å². The summed E-state index contributed by atoms with van der Waals surface area (Å²) in [4.78, 5) is 9.78. The van der Waals surface area contributed by atoms with Gasteiger partial charge in [-0.15, -0.1) is 24.0 Å². The molecule has 0 spiro atoms. The van der Waals surface area contributed by atoms with E-state index in [-0.39, 0.29) is 24.0 Å². The molecular formula is C23H42IN5O. The number of rotatable bonds is 12. The highest BCUT2D eigenvalue weighted by Gasteiger charge is 2.12. The fourth-order valence-electron chi connectivity index (χ4n) is 3.58. The van der Waals surface area contributed by atoms with Crippen molar-refractivity contribution < 1.29 is 4.74 Å². The Morgan fingerprint density at radius 3 is 2.40 bits per heavy atom. The number of nitrogens with zero attached hydrogens (tertiary/aromatic N) is 3. The third-order valence-corrected chi connectivity index (χ3v) is 5.46. The molecule has 1 aromatic rings. The Balaban J connectivity index is 0.00000450. The lowest BCUT2D eigenvalue weighted by atomic mass is 10.1. The number of guanidine groups is 1. The molecule has 6 nitrogen and oxygen atoms in total. The molecule has 0 bridgehead atoms. The first-order chi connectivity index (χ1) is 14.3. The summed E-state index contributed by atoms with van der Waals surface area (Å²) >= 11 is 0. The number of morpholine rings is 1. The van der Waals surface area contributed by atoms with Crippen molar-refractivity contribution in [2.24, 2.45) is 4.99 Å². The molecule has 0 radical (unpaired) electrons. The van der Waals surface area contributed by atoms with Gasteiger partial charge < -0.3 is 20.3 Å². The van der Waals surface area contributed by atoms with Crippen molar-refractivity contribution in [1.29, 1.82) is 0 Å². The van der Waals surface area contributed by atoms with E-state index >= 15 is 0 Å². The minimum Gasteiger partial charge on any atom is -0.379 e. The summed E-state index contributed by atoms with van der Waals surface area (Å²) < 4.78 is 5.47. The maximum absolute atomic E-state index is 5.47. The van der Waals surface area contributed by atoms with Crippen LogP contribution in [0.3, 0.4) is 0 Å². The van der Waals surface area contributed by atoms with Gasteiger partial charge in [-0.1, -0.05) is 38.1 Å². The standard InChI is InChI=1S/C23H41N5O.HI/c1-4-24-23(25-13-9-10-14-27(5-2)6-3)26-19-21-11-7-8-12-22(21)20-28-15-17-29-18-16-28;/h7-8,11-12H,4-6,9-10,13-20H2,1-3H3,(H2,24,25,26);1H. The van der Waals surface area contributed by atoms with E-state index in [0.29, 0.717) is 6.54 Å². The fraction of sp³-hybridized carbons (Fsp3) is 0.696. The van der Waals surface area contributed by atoms with Gasteiger partial charge in [-0.3, -0.25) is 4.90 Å². The van der Waals surface area contributed by atoms with Gasteiger partial charge in [0.05, 0.1) is 19.8 Å². The molecule has 0 unspecified atom stereocenters. The molecule has 7 heteroatoms. The molecule has 2 N–H and O–H groups in total. The van der Waals surface area contributed by atoms with Crippen LogP contribution in [-0.2, 0) is 17.8 Å². The van der Waals surface area contributed by atoms with Crippen molar-refractivity contribution in [3.8, 4) is 0 Å². The van der Waals surface area contributed by atoms with E-state index in [4.69, 9.17) is 9.73 Å². The first-order valence-corrected chi connectivity index (χ1v) is 11.4. The van der Waals surface area contributed by atoms with Crippen LogP contribution in [0.5, 0.6) is 0 Å². The molecule has 0 atom stereocenters. The molecule has 0 saturated carbocycles. The molecule has 1 fully saturated rings. The summed E-state index contributed by atoms with van der Waals surface area (Å²) in [6, 6.07) is 8.67. The van der Waals surface area contributed by atoms with Crippen LogP contribution in [0, 0.1) is 0 Å². The summed E-state index contributed by atoms with van der Waals surface area (Å²) in [5.74, 6) is 0.913. The van der Waals surface area contributed by atoms with Crippen LogP contribution in [0.2, 0.25) is 0 Å². The number of halogens is 1. The van der Waals surface area contributed by atoms with E-state index in [1.807, 2.05) is 0 Å². The normalized spacial score (nSPS) is 15.1. The highest BCUT2D eigenvalue weighted by atomic mass is 127. The zero-order valence-corrected chi connectivity index (χ0v) is 21.5. The van der Waals surface area contributed by atoms with E-state index in [0.717, 1.165) is 71.4 Å². The van der Waals surface area contributed by atoms with Gasteiger partial charge in [-0.25, -0.2) is 4.99 Å². The van der Waals surface area contributed by atoms with Crippen molar-refractivity contribution in [2.75, 3.05) is 59.0 Å². The number of hydrogen-bond acceptors (Lipinski definition) is 4. The zero-order chi connectivity index (χ0) is 20.7. The van der Waals surface area contributed by atoms with E-state index in [9.17, 15) is 0 Å². The topological polar surface area (TPSA) is 52.1 Å². The summed E-state index contributed by atoms with van der Waals surface area (Å²) in [7, 11) is 0. The summed E-state index contributed by atoms with van der Waals surface area (Å²) in [6.45, 7) is 17.2. The van der Waals surface area contributed by atoms with Crippen LogP contribution in [-0.4, -0.2) is 74.8 Å². The van der Waals surface area contributed by atoms with Gasteiger partial charge in [0, 0.05) is 32.7 Å². The number of benzene rings is 1. The highest BCUT2D eigenvalue weighted by molar-refractivity contribution is 14.0. The zero-order valence-electron chi connectivity index (χ0n) is 19.2. The predicted molar refractivity (Wildman–Crippen MR) is 138 cm³/mol. The average molecular weight is 532 g/mol. The van der Waals surface area contributed by atoms with Crippen molar-refractivity contribution in [3.63, 3.8) is 0 Å². The minimum absolute atomic E-state index is 0. The lowest BCUT2D eigenvalue weighted by Crippen LogP contribution is -2.38. The Morgan fingerprint density at radius 2 is 1.73 bits per heavy atom. The second-order valence-electron chi connectivity index (χ2n) is 7.51. The van der Waals surface area contributed by atoms with Gasteiger partial charge in [0.2, 0.25) is 0 Å². The molecule has 1 aliphatic rings. The largest absolute Gasteiger partial charge is 0.379 e. The third kappa shape index (κ3) is 10.4. The smallest absolute Gasteiger partial charge is 0.191 e. The molecule has 30 heavy (non-hydrogen) atoms. The number of aliphatic imine (C=N–C) groups is 1. The van der Waals surface area contributed by atoms with Gasteiger partial charge >= 0.3 is 0 Å². The van der Waals surface area contributed by atoms with Crippen LogP contribution in [0.4, 0.5) is 0 Å². The molecule has 1 saturated heterocycles. The molecule has 0 amide bonds. The second kappa shape index (κ2) is 16.8. The Morgan fingerprint density at radius 1 is 1.03 bits per heavy atom. The molecule has 2 rings (SSSR count).